The molecule has 33 heavy (non-hydrogen) atoms. The number of nitrogens with zero attached hydrogens (tertiary/aromatic N) is 2. The fraction of sp³-hybridized carbons (Fsp3) is 0.522. The Morgan fingerprint density at radius 2 is 2.03 bits per heavy atom. The van der Waals surface area contributed by atoms with Crippen LogP contribution in [-0.2, 0) is 14.3 Å². The minimum Gasteiger partial charge on any atom is -0.453 e. The predicted octanol–water partition coefficient (Wildman–Crippen LogP) is 4.19. The first-order valence-corrected chi connectivity index (χ1v) is 13.1. The van der Waals surface area contributed by atoms with Crippen LogP contribution in [0.5, 0.6) is 0 Å². The number of hydrogen-bond acceptors (Lipinski definition) is 5. The molecule has 4 atom stereocenters. The van der Waals surface area contributed by atoms with Crippen LogP contribution in [0.3, 0.4) is 0 Å². The third kappa shape index (κ3) is 6.55. The van der Waals surface area contributed by atoms with Gasteiger partial charge in [0, 0.05) is 24.7 Å². The Morgan fingerprint density at radius 1 is 1.30 bits per heavy atom. The van der Waals surface area contributed by atoms with E-state index in [4.69, 9.17) is 9.47 Å². The van der Waals surface area contributed by atoms with Gasteiger partial charge in [-0.2, -0.15) is 0 Å². The van der Waals surface area contributed by atoms with E-state index in [9.17, 15) is 9.59 Å². The van der Waals surface area contributed by atoms with Gasteiger partial charge in [0.25, 0.3) is 0 Å². The van der Waals surface area contributed by atoms with Crippen LogP contribution >= 0.6 is 24.5 Å². The van der Waals surface area contributed by atoms with Crippen molar-refractivity contribution in [1.29, 1.82) is 0 Å². The van der Waals surface area contributed by atoms with Crippen LogP contribution in [0.1, 0.15) is 32.1 Å². The summed E-state index contributed by atoms with van der Waals surface area (Å²) in [6.07, 6.45) is 3.00. The van der Waals surface area contributed by atoms with E-state index in [1.165, 1.54) is 7.11 Å². The molecule has 4 unspecified atom stereocenters. The first-order valence-electron chi connectivity index (χ1n) is 11.0. The average Bonchev–Trinajstić information content (AvgIpc) is 3.45. The number of methoxy groups -OCH3 is 2. The Bertz CT molecular complexity index is 937. The van der Waals surface area contributed by atoms with Crippen LogP contribution in [0.4, 0.5) is 4.79 Å². The molecule has 1 aliphatic rings. The minimum absolute atomic E-state index is 0.0813. The lowest BCUT2D eigenvalue weighted by Gasteiger charge is -2.30. The van der Waals surface area contributed by atoms with Gasteiger partial charge in [0.1, 0.15) is 11.9 Å². The number of ether oxygens (including phenoxy) is 2. The lowest BCUT2D eigenvalue weighted by atomic mass is 10.0. The van der Waals surface area contributed by atoms with Crippen LogP contribution in [0.25, 0.3) is 11.3 Å². The first-order chi connectivity index (χ1) is 15.8. The second-order valence-electron chi connectivity index (χ2n) is 8.43. The lowest BCUT2D eigenvalue weighted by Crippen LogP contribution is -2.51. The third-order valence-electron chi connectivity index (χ3n) is 5.78. The van der Waals surface area contributed by atoms with E-state index in [-0.39, 0.29) is 17.9 Å². The number of halogens is 1. The molecule has 2 aromatic rings. The van der Waals surface area contributed by atoms with Crippen molar-refractivity contribution in [2.24, 2.45) is 5.92 Å². The first kappa shape index (κ1) is 25.7. The summed E-state index contributed by atoms with van der Waals surface area (Å²) in [6, 6.07) is 7.16. The summed E-state index contributed by atoms with van der Waals surface area (Å²) in [4.78, 5) is 35.4. The van der Waals surface area contributed by atoms with Gasteiger partial charge in [-0.05, 0) is 41.9 Å². The predicted molar refractivity (Wildman–Crippen MR) is 134 cm³/mol. The zero-order chi connectivity index (χ0) is 24.0. The average molecular weight is 539 g/mol. The molecular formula is C23H32BrN4O4P. The van der Waals surface area contributed by atoms with Crippen molar-refractivity contribution < 1.29 is 19.1 Å². The lowest BCUT2D eigenvalue weighted by molar-refractivity contribution is -0.135. The van der Waals surface area contributed by atoms with Crippen LogP contribution < -0.4 is 5.32 Å². The van der Waals surface area contributed by atoms with Crippen LogP contribution in [0.15, 0.2) is 34.9 Å². The van der Waals surface area contributed by atoms with Gasteiger partial charge >= 0.3 is 6.09 Å². The Kier molecular flexibility index (Phi) is 9.29. The van der Waals surface area contributed by atoms with Crippen molar-refractivity contribution in [1.82, 2.24) is 20.2 Å². The molecule has 0 saturated carbocycles. The van der Waals surface area contributed by atoms with Crippen molar-refractivity contribution in [3.63, 3.8) is 0 Å². The minimum atomic E-state index is -0.665. The molecule has 0 aliphatic carbocycles. The summed E-state index contributed by atoms with van der Waals surface area (Å²) in [5, 5.41) is 2.71. The molecule has 1 aromatic carbocycles. The molecule has 1 saturated heterocycles. The SMILES string of the molecule is COCCPC1CC(c2ncc(-c3ccc(Br)cc3)[nH]2)N(C(=O)C(NC(=O)OC)C(C)C)C1. The molecule has 180 valence electrons. The van der Waals surface area contributed by atoms with Crippen molar-refractivity contribution in [2.45, 2.75) is 38.0 Å². The Balaban J connectivity index is 1.85. The number of carbonyl (C=O) groups excluding carboxylic acids is 2. The van der Waals surface area contributed by atoms with Crippen LogP contribution in [0.2, 0.25) is 0 Å². The molecule has 1 aromatic heterocycles. The summed E-state index contributed by atoms with van der Waals surface area (Å²) in [6.45, 7) is 5.17. The summed E-state index contributed by atoms with van der Waals surface area (Å²) >= 11 is 3.46. The second-order valence-corrected chi connectivity index (χ2v) is 11.1. The number of imidazole rings is 1. The molecule has 2 N–H and O–H groups in total. The van der Waals surface area contributed by atoms with Crippen molar-refractivity contribution in [3.05, 3.63) is 40.8 Å². The highest BCUT2D eigenvalue weighted by Gasteiger charge is 2.41. The van der Waals surface area contributed by atoms with Gasteiger partial charge in [-0.3, -0.25) is 4.79 Å². The Morgan fingerprint density at radius 3 is 2.67 bits per heavy atom. The maximum absolute atomic E-state index is 13.6. The highest BCUT2D eigenvalue weighted by Crippen LogP contribution is 2.40. The molecule has 8 nitrogen and oxygen atoms in total. The van der Waals surface area contributed by atoms with Gasteiger partial charge in [-0.25, -0.2) is 9.78 Å². The Hall–Kier alpha value is -1.96. The topological polar surface area (TPSA) is 96.5 Å². The maximum Gasteiger partial charge on any atom is 0.407 e. The molecule has 1 aliphatic heterocycles. The zero-order valence-electron chi connectivity index (χ0n) is 19.4. The van der Waals surface area contributed by atoms with Gasteiger partial charge in [-0.1, -0.05) is 41.9 Å². The van der Waals surface area contributed by atoms with Crippen LogP contribution in [0, 0.1) is 5.92 Å². The number of carbonyl (C=O) groups is 2. The highest BCUT2D eigenvalue weighted by molar-refractivity contribution is 9.10. The number of H-pyrrole nitrogens is 1. The van der Waals surface area contributed by atoms with E-state index in [2.05, 4.69) is 31.2 Å². The molecule has 2 amide bonds. The standard InChI is InChI=1S/C23H32BrN4O4P/c1-14(2)20(27-23(30)32-4)22(29)28-13-17(33-10-9-31-3)11-19(28)21-25-12-18(26-21)15-5-7-16(24)8-6-15/h5-8,12,14,17,19-20,33H,9-11,13H2,1-4H3,(H,25,26)(H,27,30). The quantitative estimate of drug-likeness (QED) is 0.368. The molecule has 0 bridgehead atoms. The van der Waals surface area contributed by atoms with Crippen molar-refractivity contribution in [2.75, 3.05) is 33.5 Å². The monoisotopic (exact) mass is 538 g/mol. The number of aromatic amines is 1. The number of likely N-dealkylation sites (tertiary alicyclic amines) is 1. The Labute approximate surface area is 205 Å². The van der Waals surface area contributed by atoms with Crippen molar-refractivity contribution in [3.8, 4) is 11.3 Å². The van der Waals surface area contributed by atoms with E-state index in [0.717, 1.165) is 34.1 Å². The number of hydrogen-bond donors (Lipinski definition) is 2. The van der Waals surface area contributed by atoms with Gasteiger partial charge in [0.05, 0.1) is 25.0 Å². The largest absolute Gasteiger partial charge is 0.453 e. The molecule has 2 heterocycles. The summed E-state index contributed by atoms with van der Waals surface area (Å²) in [5.41, 5.74) is 2.29. The van der Waals surface area contributed by atoms with Gasteiger partial charge in [0.2, 0.25) is 5.91 Å². The van der Waals surface area contributed by atoms with Gasteiger partial charge in [0.15, 0.2) is 0 Å². The van der Waals surface area contributed by atoms with E-state index in [1.807, 2.05) is 49.2 Å². The van der Waals surface area contributed by atoms with Gasteiger partial charge < -0.3 is 24.7 Å². The fourth-order valence-electron chi connectivity index (χ4n) is 4.01. The molecule has 1 fully saturated rings. The summed E-state index contributed by atoms with van der Waals surface area (Å²) < 4.78 is 11.0. The van der Waals surface area contributed by atoms with Crippen molar-refractivity contribution >= 4 is 36.5 Å². The van der Waals surface area contributed by atoms with E-state index < -0.39 is 12.1 Å². The fourth-order valence-corrected chi connectivity index (χ4v) is 5.72. The number of aromatic nitrogens is 2. The van der Waals surface area contributed by atoms with E-state index in [1.54, 1.807) is 7.11 Å². The number of nitrogens with one attached hydrogen (secondary N) is 2. The zero-order valence-corrected chi connectivity index (χ0v) is 22.0. The smallest absolute Gasteiger partial charge is 0.407 e. The van der Waals surface area contributed by atoms with E-state index >= 15 is 0 Å². The summed E-state index contributed by atoms with van der Waals surface area (Å²) in [7, 11) is 3.69. The molecule has 0 radical (unpaired) electrons. The molecule has 3 rings (SSSR count). The number of alkyl carbamates (subject to hydrolysis) is 1. The molecule has 0 spiro atoms. The third-order valence-corrected chi connectivity index (χ3v) is 7.80. The molecular weight excluding hydrogens is 507 g/mol. The van der Waals surface area contributed by atoms with E-state index in [0.29, 0.717) is 27.4 Å². The normalized spacial score (nSPS) is 19.4. The maximum atomic E-state index is 13.6. The number of benzene rings is 1. The highest BCUT2D eigenvalue weighted by atomic mass is 79.9. The molecule has 10 heteroatoms. The number of amides is 2. The number of rotatable bonds is 9. The summed E-state index contributed by atoms with van der Waals surface area (Å²) in [5.74, 6) is 0.573. The van der Waals surface area contributed by atoms with Crippen LogP contribution in [-0.4, -0.2) is 72.1 Å². The second kappa shape index (κ2) is 12.0. The van der Waals surface area contributed by atoms with Gasteiger partial charge in [-0.15, -0.1) is 8.58 Å².